The van der Waals surface area contributed by atoms with E-state index in [1.165, 1.54) is 0 Å². The fourth-order valence-corrected chi connectivity index (χ4v) is 2.51. The van der Waals surface area contributed by atoms with Gasteiger partial charge in [0, 0.05) is 31.4 Å². The van der Waals surface area contributed by atoms with Crippen LogP contribution < -0.4 is 0 Å². The lowest BCUT2D eigenvalue weighted by Crippen LogP contribution is -2.34. The summed E-state index contributed by atoms with van der Waals surface area (Å²) in [6, 6.07) is 0. The molecule has 84 valence electrons. The van der Waals surface area contributed by atoms with E-state index in [1.54, 1.807) is 11.0 Å². The lowest BCUT2D eigenvalue weighted by atomic mass is 9.80. The molecule has 1 aromatic rings. The molecule has 5 heteroatoms. The van der Waals surface area contributed by atoms with Crippen molar-refractivity contribution < 1.29 is 4.74 Å². The molecule has 2 unspecified atom stereocenters. The summed E-state index contributed by atoms with van der Waals surface area (Å²) >= 11 is 6.09. The molecule has 0 saturated carbocycles. The van der Waals surface area contributed by atoms with E-state index in [4.69, 9.17) is 16.3 Å². The van der Waals surface area contributed by atoms with Crippen molar-refractivity contribution in [2.24, 2.45) is 12.5 Å². The highest BCUT2D eigenvalue weighted by Gasteiger charge is 2.41. The van der Waals surface area contributed by atoms with E-state index in [-0.39, 0.29) is 11.5 Å². The van der Waals surface area contributed by atoms with Crippen molar-refractivity contribution in [2.45, 2.75) is 25.9 Å². The van der Waals surface area contributed by atoms with Crippen molar-refractivity contribution >= 4 is 11.6 Å². The van der Waals surface area contributed by atoms with E-state index in [2.05, 4.69) is 17.0 Å². The van der Waals surface area contributed by atoms with E-state index >= 15 is 0 Å². The first-order valence-electron chi connectivity index (χ1n) is 5.18. The predicted octanol–water partition coefficient (Wildman–Crippen LogP) is 1.39. The van der Waals surface area contributed by atoms with Crippen LogP contribution in [0.2, 0.25) is 0 Å². The molecule has 2 rings (SSSR count). The number of rotatable bonds is 3. The molecule has 1 aliphatic heterocycles. The van der Waals surface area contributed by atoms with Crippen molar-refractivity contribution in [3.05, 3.63) is 12.2 Å². The third-order valence-electron chi connectivity index (χ3n) is 3.41. The maximum Gasteiger partial charge on any atom is 0.138 e. The molecule has 0 N–H and O–H groups in total. The number of aromatic nitrogens is 3. The average molecular weight is 230 g/mol. The third-order valence-corrected chi connectivity index (χ3v) is 3.94. The van der Waals surface area contributed by atoms with Gasteiger partial charge in [-0.1, -0.05) is 0 Å². The van der Waals surface area contributed by atoms with Crippen LogP contribution >= 0.6 is 11.6 Å². The normalized spacial score (nSPS) is 31.0. The van der Waals surface area contributed by atoms with Gasteiger partial charge >= 0.3 is 0 Å². The van der Waals surface area contributed by atoms with E-state index < -0.39 is 0 Å². The van der Waals surface area contributed by atoms with Crippen LogP contribution in [-0.4, -0.2) is 33.4 Å². The predicted molar refractivity (Wildman–Crippen MR) is 57.9 cm³/mol. The topological polar surface area (TPSA) is 39.9 Å². The van der Waals surface area contributed by atoms with E-state index in [0.717, 1.165) is 25.3 Å². The van der Waals surface area contributed by atoms with Gasteiger partial charge in [0.15, 0.2) is 0 Å². The van der Waals surface area contributed by atoms with Crippen molar-refractivity contribution in [3.8, 4) is 0 Å². The summed E-state index contributed by atoms with van der Waals surface area (Å²) in [5.41, 5.74) is 0.0301. The Hall–Kier alpha value is -0.610. The van der Waals surface area contributed by atoms with E-state index in [1.807, 2.05) is 7.05 Å². The van der Waals surface area contributed by atoms with Gasteiger partial charge in [-0.05, 0) is 13.3 Å². The van der Waals surface area contributed by atoms with Crippen LogP contribution in [-0.2, 0) is 18.2 Å². The molecule has 0 aromatic carbocycles. The zero-order chi connectivity index (χ0) is 10.9. The number of hydrogen-bond acceptors (Lipinski definition) is 3. The molecule has 1 fully saturated rings. The number of nitrogens with zero attached hydrogens (tertiary/aromatic N) is 3. The summed E-state index contributed by atoms with van der Waals surface area (Å²) in [6.45, 7) is 2.89. The molecule has 1 aliphatic rings. The van der Waals surface area contributed by atoms with Gasteiger partial charge in [-0.3, -0.25) is 4.68 Å². The Kier molecular flexibility index (Phi) is 2.98. The van der Waals surface area contributed by atoms with Crippen LogP contribution in [0.1, 0.15) is 19.2 Å². The van der Waals surface area contributed by atoms with E-state index in [9.17, 15) is 0 Å². The van der Waals surface area contributed by atoms with Crippen molar-refractivity contribution in [3.63, 3.8) is 0 Å². The smallest absolute Gasteiger partial charge is 0.138 e. The van der Waals surface area contributed by atoms with Crippen LogP contribution in [0.5, 0.6) is 0 Å². The minimum atomic E-state index is 0.0301. The zero-order valence-corrected chi connectivity index (χ0v) is 9.87. The molecular weight excluding hydrogens is 214 g/mol. The highest BCUT2D eigenvalue weighted by Crippen LogP contribution is 2.38. The van der Waals surface area contributed by atoms with Crippen molar-refractivity contribution in [2.75, 3.05) is 12.5 Å². The van der Waals surface area contributed by atoms with Crippen LogP contribution in [0.25, 0.3) is 0 Å². The van der Waals surface area contributed by atoms with Crippen LogP contribution in [0, 0.1) is 5.41 Å². The first kappa shape index (κ1) is 10.9. The van der Waals surface area contributed by atoms with Gasteiger partial charge in [0.1, 0.15) is 12.2 Å². The molecule has 0 bridgehead atoms. The van der Waals surface area contributed by atoms with Gasteiger partial charge in [0.05, 0.1) is 6.10 Å². The minimum Gasteiger partial charge on any atom is -0.378 e. The number of aryl methyl sites for hydroxylation is 1. The molecule has 1 aromatic heterocycles. The summed E-state index contributed by atoms with van der Waals surface area (Å²) in [7, 11) is 1.91. The van der Waals surface area contributed by atoms with Gasteiger partial charge in [0.2, 0.25) is 0 Å². The highest BCUT2D eigenvalue weighted by atomic mass is 35.5. The first-order valence-corrected chi connectivity index (χ1v) is 5.72. The monoisotopic (exact) mass is 229 g/mol. The Morgan fingerprint density at radius 2 is 2.53 bits per heavy atom. The zero-order valence-electron chi connectivity index (χ0n) is 9.11. The molecule has 2 atom stereocenters. The Morgan fingerprint density at radius 3 is 3.00 bits per heavy atom. The number of halogens is 1. The van der Waals surface area contributed by atoms with Crippen LogP contribution in [0.3, 0.4) is 0 Å². The Morgan fingerprint density at radius 1 is 1.73 bits per heavy atom. The second-order valence-electron chi connectivity index (χ2n) is 4.24. The number of alkyl halides is 1. The number of ether oxygens (including phenoxy) is 1. The summed E-state index contributed by atoms with van der Waals surface area (Å²) in [5, 5.41) is 4.07. The second-order valence-corrected chi connectivity index (χ2v) is 4.50. The third kappa shape index (κ3) is 1.88. The first-order chi connectivity index (χ1) is 7.18. The fraction of sp³-hybridized carbons (Fsp3) is 0.800. The molecular formula is C10H16ClN3O. The standard InChI is InChI=1S/C10H16ClN3O/c1-8-10(6-11,3-4-15-8)5-9-12-7-13-14(9)2/h7-8H,3-6H2,1-2H3. The fourth-order valence-electron chi connectivity index (χ4n) is 2.07. The summed E-state index contributed by atoms with van der Waals surface area (Å²) in [5.74, 6) is 1.59. The second kappa shape index (κ2) is 4.10. The summed E-state index contributed by atoms with van der Waals surface area (Å²) in [6.07, 6.45) is 3.63. The minimum absolute atomic E-state index is 0.0301. The highest BCUT2D eigenvalue weighted by molar-refractivity contribution is 6.18. The van der Waals surface area contributed by atoms with Gasteiger partial charge in [0.25, 0.3) is 0 Å². The lowest BCUT2D eigenvalue weighted by Gasteiger charge is -2.29. The van der Waals surface area contributed by atoms with Crippen molar-refractivity contribution in [1.29, 1.82) is 0 Å². The lowest BCUT2D eigenvalue weighted by molar-refractivity contribution is 0.0723. The summed E-state index contributed by atoms with van der Waals surface area (Å²) < 4.78 is 7.41. The number of hydrogen-bond donors (Lipinski definition) is 0. The maximum absolute atomic E-state index is 6.09. The summed E-state index contributed by atoms with van der Waals surface area (Å²) in [4.78, 5) is 4.24. The van der Waals surface area contributed by atoms with Gasteiger partial charge in [-0.25, -0.2) is 4.98 Å². The molecule has 4 nitrogen and oxygen atoms in total. The van der Waals surface area contributed by atoms with Crippen molar-refractivity contribution in [1.82, 2.24) is 14.8 Å². The van der Waals surface area contributed by atoms with Gasteiger partial charge < -0.3 is 4.74 Å². The van der Waals surface area contributed by atoms with Crippen LogP contribution in [0.15, 0.2) is 6.33 Å². The molecule has 2 heterocycles. The Balaban J connectivity index is 2.18. The van der Waals surface area contributed by atoms with Gasteiger partial charge in [-0.15, -0.1) is 11.6 Å². The SMILES string of the molecule is CC1OCCC1(CCl)Cc1ncnn1C. The Labute approximate surface area is 94.6 Å². The van der Waals surface area contributed by atoms with E-state index in [0.29, 0.717) is 5.88 Å². The van der Waals surface area contributed by atoms with Crippen LogP contribution in [0.4, 0.5) is 0 Å². The maximum atomic E-state index is 6.09. The average Bonchev–Trinajstić information content (AvgIpc) is 2.77. The molecule has 0 aliphatic carbocycles. The molecule has 0 spiro atoms. The molecule has 15 heavy (non-hydrogen) atoms. The molecule has 0 amide bonds. The van der Waals surface area contributed by atoms with Gasteiger partial charge in [-0.2, -0.15) is 5.10 Å². The largest absolute Gasteiger partial charge is 0.378 e. The quantitative estimate of drug-likeness (QED) is 0.736. The molecule has 1 saturated heterocycles. The Bertz CT molecular complexity index is 341. The molecule has 0 radical (unpaired) electrons.